The molecule has 0 fully saturated rings. The molecule has 1 amide bonds. The van der Waals surface area contributed by atoms with Crippen LogP contribution in [0.15, 0.2) is 60.9 Å². The van der Waals surface area contributed by atoms with Crippen LogP contribution in [0.25, 0.3) is 6.08 Å². The molecule has 1 aromatic heterocycles. The highest BCUT2D eigenvalue weighted by Gasteiger charge is 2.21. The first-order valence-corrected chi connectivity index (χ1v) is 8.94. The first kappa shape index (κ1) is 20.1. The van der Waals surface area contributed by atoms with Crippen molar-refractivity contribution in [1.29, 1.82) is 0 Å². The van der Waals surface area contributed by atoms with Gasteiger partial charge in [-0.1, -0.05) is 12.1 Å². The van der Waals surface area contributed by atoms with Crippen LogP contribution in [0.2, 0.25) is 0 Å². The molecule has 0 saturated heterocycles. The van der Waals surface area contributed by atoms with Crippen LogP contribution in [0.5, 0.6) is 11.5 Å². The van der Waals surface area contributed by atoms with Crippen molar-refractivity contribution in [3.63, 3.8) is 0 Å². The van der Waals surface area contributed by atoms with Crippen LogP contribution in [0, 0.1) is 5.82 Å². The number of hydrogen-bond donors (Lipinski definition) is 1. The van der Waals surface area contributed by atoms with Crippen LogP contribution in [0.4, 0.5) is 4.39 Å². The van der Waals surface area contributed by atoms with E-state index in [0.717, 1.165) is 5.56 Å². The minimum absolute atomic E-state index is 0.343. The predicted octanol–water partition coefficient (Wildman–Crippen LogP) is 3.50. The summed E-state index contributed by atoms with van der Waals surface area (Å²) in [5, 5.41) is 2.95. The fourth-order valence-electron chi connectivity index (χ4n) is 2.92. The number of benzene rings is 2. The number of rotatable bonds is 7. The summed E-state index contributed by atoms with van der Waals surface area (Å²) in [5.74, 6) is 1.14. The Morgan fingerprint density at radius 1 is 1.17 bits per heavy atom. The van der Waals surface area contributed by atoms with Gasteiger partial charge in [-0.15, -0.1) is 0 Å². The molecule has 150 valence electrons. The summed E-state index contributed by atoms with van der Waals surface area (Å²) in [6.07, 6.45) is 6.38. The number of aromatic nitrogens is 2. The van der Waals surface area contributed by atoms with Crippen molar-refractivity contribution < 1.29 is 18.7 Å². The van der Waals surface area contributed by atoms with Gasteiger partial charge < -0.3 is 19.4 Å². The lowest BCUT2D eigenvalue weighted by molar-refractivity contribution is -0.117. The average Bonchev–Trinajstić information content (AvgIpc) is 3.15. The van der Waals surface area contributed by atoms with Crippen LogP contribution >= 0.6 is 0 Å². The van der Waals surface area contributed by atoms with E-state index in [1.165, 1.54) is 18.2 Å². The molecule has 3 rings (SSSR count). The van der Waals surface area contributed by atoms with Crippen molar-refractivity contribution in [3.8, 4) is 11.5 Å². The summed E-state index contributed by atoms with van der Waals surface area (Å²) in [6, 6.07) is 10.9. The normalized spacial score (nSPS) is 12.0. The van der Waals surface area contributed by atoms with Crippen molar-refractivity contribution in [2.24, 2.45) is 7.05 Å². The number of carbonyl (C=O) groups is 1. The van der Waals surface area contributed by atoms with Gasteiger partial charge in [-0.05, 0) is 41.5 Å². The van der Waals surface area contributed by atoms with Crippen LogP contribution < -0.4 is 14.8 Å². The van der Waals surface area contributed by atoms with E-state index in [9.17, 15) is 9.18 Å². The molecule has 0 aliphatic rings. The lowest BCUT2D eigenvalue weighted by atomic mass is 10.0. The van der Waals surface area contributed by atoms with Gasteiger partial charge >= 0.3 is 0 Å². The Bertz CT molecular complexity index is 1010. The zero-order valence-corrected chi connectivity index (χ0v) is 16.4. The van der Waals surface area contributed by atoms with Crippen molar-refractivity contribution in [2.75, 3.05) is 14.2 Å². The molecule has 1 heterocycles. The monoisotopic (exact) mass is 395 g/mol. The van der Waals surface area contributed by atoms with E-state index in [0.29, 0.717) is 22.9 Å². The Kier molecular flexibility index (Phi) is 6.29. The fraction of sp³-hybridized carbons (Fsp3) is 0.182. The molecule has 29 heavy (non-hydrogen) atoms. The quantitative estimate of drug-likeness (QED) is 0.622. The van der Waals surface area contributed by atoms with Crippen LogP contribution in [-0.2, 0) is 11.8 Å². The number of aryl methyl sites for hydroxylation is 1. The first-order valence-electron chi connectivity index (χ1n) is 8.94. The van der Waals surface area contributed by atoms with Crippen LogP contribution in [0.3, 0.4) is 0 Å². The molecule has 1 N–H and O–H groups in total. The highest BCUT2D eigenvalue weighted by Crippen LogP contribution is 2.29. The van der Waals surface area contributed by atoms with Gasteiger partial charge in [-0.2, -0.15) is 0 Å². The van der Waals surface area contributed by atoms with Gasteiger partial charge in [-0.3, -0.25) is 4.79 Å². The van der Waals surface area contributed by atoms with Crippen LogP contribution in [0.1, 0.15) is 23.0 Å². The predicted molar refractivity (Wildman–Crippen MR) is 108 cm³/mol. The molecular weight excluding hydrogens is 373 g/mol. The van der Waals surface area contributed by atoms with E-state index in [2.05, 4.69) is 10.3 Å². The average molecular weight is 395 g/mol. The van der Waals surface area contributed by atoms with Gasteiger partial charge in [-0.25, -0.2) is 9.37 Å². The Labute approximate surface area is 168 Å². The Morgan fingerprint density at radius 2 is 1.90 bits per heavy atom. The Morgan fingerprint density at radius 3 is 2.48 bits per heavy atom. The van der Waals surface area contributed by atoms with Gasteiger partial charge in [0.2, 0.25) is 5.91 Å². The smallest absolute Gasteiger partial charge is 0.244 e. The molecule has 0 aliphatic carbocycles. The molecule has 6 nitrogen and oxygen atoms in total. The van der Waals surface area contributed by atoms with Crippen molar-refractivity contribution in [1.82, 2.24) is 14.9 Å². The number of methoxy groups -OCH3 is 2. The third-order valence-corrected chi connectivity index (χ3v) is 4.39. The topological polar surface area (TPSA) is 65.4 Å². The minimum Gasteiger partial charge on any atom is -0.497 e. The largest absolute Gasteiger partial charge is 0.497 e. The van der Waals surface area contributed by atoms with E-state index >= 15 is 0 Å². The lowest BCUT2D eigenvalue weighted by Crippen LogP contribution is -2.29. The maximum Gasteiger partial charge on any atom is 0.244 e. The van der Waals surface area contributed by atoms with Gasteiger partial charge in [0.25, 0.3) is 0 Å². The fourth-order valence-corrected chi connectivity index (χ4v) is 2.92. The Hall–Kier alpha value is -3.61. The summed E-state index contributed by atoms with van der Waals surface area (Å²) in [5.41, 5.74) is 1.35. The molecule has 3 aromatic rings. The molecule has 1 atom stereocenters. The summed E-state index contributed by atoms with van der Waals surface area (Å²) in [6.45, 7) is 0. The zero-order valence-electron chi connectivity index (χ0n) is 16.4. The number of carbonyl (C=O) groups excluding carboxylic acids is 1. The van der Waals surface area contributed by atoms with Crippen molar-refractivity contribution in [3.05, 3.63) is 83.7 Å². The second-order valence-electron chi connectivity index (χ2n) is 6.37. The van der Waals surface area contributed by atoms with Crippen LogP contribution in [-0.4, -0.2) is 29.7 Å². The molecule has 0 bridgehead atoms. The van der Waals surface area contributed by atoms with E-state index < -0.39 is 6.04 Å². The molecule has 0 saturated carbocycles. The first-order chi connectivity index (χ1) is 14.0. The van der Waals surface area contributed by atoms with Gasteiger partial charge in [0.15, 0.2) is 0 Å². The van der Waals surface area contributed by atoms with E-state index in [1.54, 1.807) is 50.9 Å². The molecule has 2 aromatic carbocycles. The molecule has 1 unspecified atom stereocenters. The van der Waals surface area contributed by atoms with E-state index in [1.807, 2.05) is 23.7 Å². The molecule has 0 spiro atoms. The third-order valence-electron chi connectivity index (χ3n) is 4.39. The Balaban J connectivity index is 1.91. The zero-order chi connectivity index (χ0) is 20.8. The van der Waals surface area contributed by atoms with Crippen molar-refractivity contribution in [2.45, 2.75) is 6.04 Å². The van der Waals surface area contributed by atoms with Gasteiger partial charge in [0.1, 0.15) is 29.2 Å². The summed E-state index contributed by atoms with van der Waals surface area (Å²) < 4.78 is 25.8. The number of nitrogens with one attached hydrogen (secondary N) is 1. The van der Waals surface area contributed by atoms with Gasteiger partial charge in [0.05, 0.1) is 14.2 Å². The summed E-state index contributed by atoms with van der Waals surface area (Å²) in [7, 11) is 4.98. The number of imidazole rings is 1. The number of nitrogens with zero attached hydrogens (tertiary/aromatic N) is 2. The number of ether oxygens (including phenoxy) is 2. The second kappa shape index (κ2) is 9.05. The number of halogens is 1. The van der Waals surface area contributed by atoms with E-state index in [4.69, 9.17) is 9.47 Å². The highest BCUT2D eigenvalue weighted by atomic mass is 19.1. The van der Waals surface area contributed by atoms with Gasteiger partial charge in [0, 0.05) is 31.6 Å². The number of hydrogen-bond acceptors (Lipinski definition) is 4. The van der Waals surface area contributed by atoms with E-state index in [-0.39, 0.29) is 11.7 Å². The number of amides is 1. The third kappa shape index (κ3) is 5.01. The standard InChI is InChI=1S/C22H22FN3O3/c1-26-10-9-24-22(26)21(16-12-18(28-2)14-19(13-16)29-3)25-20(27)8-7-15-5-4-6-17(23)11-15/h4-14,21H,1-3H3,(H,25,27)/b8-7+. The SMILES string of the molecule is COc1cc(OC)cc(C(NC(=O)/C=C/c2cccc(F)c2)c2nccn2C)c1. The molecular formula is C22H22FN3O3. The molecule has 0 radical (unpaired) electrons. The molecule has 0 aliphatic heterocycles. The van der Waals surface area contributed by atoms with Crippen molar-refractivity contribution >= 4 is 12.0 Å². The maximum atomic E-state index is 13.3. The lowest BCUT2D eigenvalue weighted by Gasteiger charge is -2.20. The minimum atomic E-state index is -0.538. The second-order valence-corrected chi connectivity index (χ2v) is 6.37. The highest BCUT2D eigenvalue weighted by molar-refractivity contribution is 5.92. The molecule has 7 heteroatoms. The summed E-state index contributed by atoms with van der Waals surface area (Å²) >= 11 is 0. The summed E-state index contributed by atoms with van der Waals surface area (Å²) in [4.78, 5) is 17.0. The maximum absolute atomic E-state index is 13.3.